The highest BCUT2D eigenvalue weighted by atomic mass is 35.5. The molecule has 0 unspecified atom stereocenters. The Balaban J connectivity index is 2.40. The van der Waals surface area contributed by atoms with Gasteiger partial charge in [0.2, 0.25) is 5.91 Å². The van der Waals surface area contributed by atoms with Crippen LogP contribution in [0.5, 0.6) is 5.75 Å². The van der Waals surface area contributed by atoms with Crippen LogP contribution in [0.25, 0.3) is 0 Å². The molecule has 0 saturated heterocycles. The first-order valence-electron chi connectivity index (χ1n) is 4.95. The van der Waals surface area contributed by atoms with Gasteiger partial charge in [0.05, 0.1) is 12.2 Å². The zero-order chi connectivity index (χ0) is 10.8. The molecule has 4 heteroatoms. The predicted molar refractivity (Wildman–Crippen MR) is 59.6 cm³/mol. The molecule has 0 atom stereocenters. The number of ether oxygens (including phenoxy) is 1. The van der Waals surface area contributed by atoms with Gasteiger partial charge in [-0.05, 0) is 18.2 Å². The fourth-order valence-electron chi connectivity index (χ4n) is 1.64. The molecule has 1 aliphatic heterocycles. The number of benzene rings is 1. The number of carbonyl (C=O) groups is 1. The molecule has 1 heterocycles. The number of halogens is 1. The number of anilines is 1. The highest BCUT2D eigenvalue weighted by Crippen LogP contribution is 2.34. The van der Waals surface area contributed by atoms with Crippen molar-refractivity contribution in [3.05, 3.63) is 23.2 Å². The number of carbonyl (C=O) groups excluding carboxylic acids is 1. The molecule has 0 aromatic heterocycles. The van der Waals surface area contributed by atoms with E-state index in [-0.39, 0.29) is 5.91 Å². The Morgan fingerprint density at radius 2 is 2.40 bits per heavy atom. The smallest absolute Gasteiger partial charge is 0.226 e. The number of hydrogen-bond donors (Lipinski definition) is 0. The minimum absolute atomic E-state index is 0.0989. The third-order valence-corrected chi connectivity index (χ3v) is 2.62. The van der Waals surface area contributed by atoms with Crippen LogP contribution in [-0.4, -0.2) is 19.1 Å². The van der Waals surface area contributed by atoms with Gasteiger partial charge in [0.25, 0.3) is 0 Å². The minimum Gasteiger partial charge on any atom is -0.490 e. The Morgan fingerprint density at radius 1 is 1.60 bits per heavy atom. The molecule has 2 rings (SSSR count). The SMILES string of the molecule is CCC(=O)N1CCOc2ccc(Cl)cc21. The van der Waals surface area contributed by atoms with Crippen molar-refractivity contribution in [2.45, 2.75) is 13.3 Å². The summed E-state index contributed by atoms with van der Waals surface area (Å²) in [4.78, 5) is 13.4. The Bertz CT molecular complexity index is 392. The molecule has 0 fully saturated rings. The van der Waals surface area contributed by atoms with Gasteiger partial charge in [-0.3, -0.25) is 4.79 Å². The maximum atomic E-state index is 11.7. The highest BCUT2D eigenvalue weighted by molar-refractivity contribution is 6.31. The van der Waals surface area contributed by atoms with Gasteiger partial charge < -0.3 is 9.64 Å². The number of nitrogens with zero attached hydrogens (tertiary/aromatic N) is 1. The number of rotatable bonds is 1. The van der Waals surface area contributed by atoms with Crippen LogP contribution in [0.2, 0.25) is 5.02 Å². The van der Waals surface area contributed by atoms with Crippen molar-refractivity contribution in [3.63, 3.8) is 0 Å². The van der Waals surface area contributed by atoms with Gasteiger partial charge in [-0.25, -0.2) is 0 Å². The Morgan fingerprint density at radius 3 is 3.13 bits per heavy atom. The standard InChI is InChI=1S/C11H12ClNO2/c1-2-11(14)13-5-6-15-10-4-3-8(12)7-9(10)13/h3-4,7H,2,5-6H2,1H3. The molecule has 0 aliphatic carbocycles. The second-order valence-corrected chi connectivity index (χ2v) is 3.80. The zero-order valence-electron chi connectivity index (χ0n) is 8.50. The first-order chi connectivity index (χ1) is 7.22. The van der Waals surface area contributed by atoms with Gasteiger partial charge in [0.1, 0.15) is 12.4 Å². The van der Waals surface area contributed by atoms with Crippen molar-refractivity contribution in [3.8, 4) is 5.75 Å². The van der Waals surface area contributed by atoms with Crippen LogP contribution in [0.1, 0.15) is 13.3 Å². The van der Waals surface area contributed by atoms with Crippen LogP contribution >= 0.6 is 11.6 Å². The summed E-state index contributed by atoms with van der Waals surface area (Å²) in [6.07, 6.45) is 0.492. The summed E-state index contributed by atoms with van der Waals surface area (Å²) < 4.78 is 5.45. The largest absolute Gasteiger partial charge is 0.490 e. The molecule has 80 valence electrons. The second kappa shape index (κ2) is 4.11. The van der Waals surface area contributed by atoms with Crippen molar-refractivity contribution in [1.82, 2.24) is 0 Å². The van der Waals surface area contributed by atoms with E-state index in [1.165, 1.54) is 0 Å². The molecule has 1 aliphatic rings. The van der Waals surface area contributed by atoms with Gasteiger partial charge in [-0.1, -0.05) is 18.5 Å². The van der Waals surface area contributed by atoms with Crippen molar-refractivity contribution in [2.24, 2.45) is 0 Å². The molecule has 0 saturated carbocycles. The Kier molecular flexibility index (Phi) is 2.82. The van der Waals surface area contributed by atoms with E-state index in [2.05, 4.69) is 0 Å². The lowest BCUT2D eigenvalue weighted by atomic mass is 10.2. The van der Waals surface area contributed by atoms with Gasteiger partial charge >= 0.3 is 0 Å². The lowest BCUT2D eigenvalue weighted by Gasteiger charge is -2.29. The summed E-state index contributed by atoms with van der Waals surface area (Å²) in [5.41, 5.74) is 0.778. The summed E-state index contributed by atoms with van der Waals surface area (Å²) in [6, 6.07) is 5.33. The topological polar surface area (TPSA) is 29.5 Å². The van der Waals surface area contributed by atoms with Gasteiger partial charge in [0, 0.05) is 11.4 Å². The molecule has 0 N–H and O–H groups in total. The summed E-state index contributed by atoms with van der Waals surface area (Å²) in [6.45, 7) is 2.99. The maximum Gasteiger partial charge on any atom is 0.226 e. The normalized spacial score (nSPS) is 14.4. The van der Waals surface area contributed by atoms with Crippen molar-refractivity contribution in [2.75, 3.05) is 18.1 Å². The monoisotopic (exact) mass is 225 g/mol. The fraction of sp³-hybridized carbons (Fsp3) is 0.364. The van der Waals surface area contributed by atoms with Crippen LogP contribution in [0.3, 0.4) is 0 Å². The van der Waals surface area contributed by atoms with Gasteiger partial charge in [0.15, 0.2) is 0 Å². The first kappa shape index (κ1) is 10.3. The van der Waals surface area contributed by atoms with Gasteiger partial charge in [-0.15, -0.1) is 0 Å². The van der Waals surface area contributed by atoms with E-state index in [9.17, 15) is 4.79 Å². The molecule has 1 amide bonds. The molecule has 0 radical (unpaired) electrons. The van der Waals surface area contributed by atoms with E-state index < -0.39 is 0 Å². The predicted octanol–water partition coefficient (Wildman–Crippen LogP) is 2.48. The average Bonchev–Trinajstić information content (AvgIpc) is 2.27. The first-order valence-corrected chi connectivity index (χ1v) is 5.33. The average molecular weight is 226 g/mol. The molecular weight excluding hydrogens is 214 g/mol. The fourth-order valence-corrected chi connectivity index (χ4v) is 1.81. The molecular formula is C11H12ClNO2. The third-order valence-electron chi connectivity index (χ3n) is 2.39. The third kappa shape index (κ3) is 1.92. The van der Waals surface area contributed by atoms with Crippen LogP contribution in [-0.2, 0) is 4.79 Å². The zero-order valence-corrected chi connectivity index (χ0v) is 9.25. The summed E-state index contributed by atoms with van der Waals surface area (Å²) in [5, 5.41) is 0.619. The maximum absolute atomic E-state index is 11.7. The number of hydrogen-bond acceptors (Lipinski definition) is 2. The van der Waals surface area contributed by atoms with Crippen LogP contribution < -0.4 is 9.64 Å². The van der Waals surface area contributed by atoms with Crippen LogP contribution in [0.4, 0.5) is 5.69 Å². The summed E-state index contributed by atoms with van der Waals surface area (Å²) in [7, 11) is 0. The number of fused-ring (bicyclic) bond motifs is 1. The Hall–Kier alpha value is -1.22. The molecule has 15 heavy (non-hydrogen) atoms. The van der Waals surface area contributed by atoms with Crippen molar-refractivity contribution < 1.29 is 9.53 Å². The van der Waals surface area contributed by atoms with Crippen molar-refractivity contribution in [1.29, 1.82) is 0 Å². The number of amides is 1. The van der Waals surface area contributed by atoms with E-state index in [0.717, 1.165) is 11.4 Å². The second-order valence-electron chi connectivity index (χ2n) is 3.36. The molecule has 1 aromatic rings. The summed E-state index contributed by atoms with van der Waals surface area (Å²) in [5.74, 6) is 0.828. The lowest BCUT2D eigenvalue weighted by molar-refractivity contribution is -0.118. The molecule has 1 aromatic carbocycles. The van der Waals surface area contributed by atoms with E-state index >= 15 is 0 Å². The van der Waals surface area contributed by atoms with E-state index in [4.69, 9.17) is 16.3 Å². The minimum atomic E-state index is 0.0989. The highest BCUT2D eigenvalue weighted by Gasteiger charge is 2.22. The van der Waals surface area contributed by atoms with Crippen molar-refractivity contribution >= 4 is 23.2 Å². The van der Waals surface area contributed by atoms with E-state index in [0.29, 0.717) is 24.6 Å². The molecule has 3 nitrogen and oxygen atoms in total. The summed E-state index contributed by atoms with van der Waals surface area (Å²) >= 11 is 5.90. The Labute approximate surface area is 93.6 Å². The van der Waals surface area contributed by atoms with E-state index in [1.807, 2.05) is 6.92 Å². The quantitative estimate of drug-likeness (QED) is 0.735. The van der Waals surface area contributed by atoms with Crippen LogP contribution in [0, 0.1) is 0 Å². The lowest BCUT2D eigenvalue weighted by Crippen LogP contribution is -2.37. The molecule has 0 bridgehead atoms. The van der Waals surface area contributed by atoms with E-state index in [1.54, 1.807) is 23.1 Å². The van der Waals surface area contributed by atoms with Gasteiger partial charge in [-0.2, -0.15) is 0 Å². The van der Waals surface area contributed by atoms with Crippen LogP contribution in [0.15, 0.2) is 18.2 Å². The molecule has 0 spiro atoms.